The number of nitrogens with one attached hydrogen (secondary N) is 1. The molecule has 1 N–H and O–H groups in total. The van der Waals surface area contributed by atoms with Gasteiger partial charge in [0, 0.05) is 12.6 Å². The van der Waals surface area contributed by atoms with Crippen LogP contribution in [0.4, 0.5) is 5.69 Å². The lowest BCUT2D eigenvalue weighted by Gasteiger charge is -2.05. The van der Waals surface area contributed by atoms with Gasteiger partial charge in [0.15, 0.2) is 0 Å². The summed E-state index contributed by atoms with van der Waals surface area (Å²) in [7, 11) is 0. The van der Waals surface area contributed by atoms with E-state index in [0.29, 0.717) is 0 Å². The molecule has 0 fully saturated rings. The Balaban J connectivity index is 2.95. The van der Waals surface area contributed by atoms with E-state index in [0.717, 1.165) is 16.8 Å². The number of amides is 1. The van der Waals surface area contributed by atoms with Gasteiger partial charge in [-0.1, -0.05) is 18.2 Å². The predicted octanol–water partition coefficient (Wildman–Crippen LogP) is 2.88. The maximum Gasteiger partial charge on any atom is 0.221 e. The molecule has 1 aromatic rings. The lowest BCUT2D eigenvalue weighted by atomic mass is 10.1. The van der Waals surface area contributed by atoms with Crippen molar-refractivity contribution in [2.75, 3.05) is 5.32 Å². The summed E-state index contributed by atoms with van der Waals surface area (Å²) in [4.78, 5) is 10.8. The standard InChI is InChI=1S/C12H14NO/c1-4-9(2)11-6-5-7-12(8-11)13-10(3)14/h4-8H,1H2,2-3H3,(H,13,14). The van der Waals surface area contributed by atoms with Crippen molar-refractivity contribution in [2.45, 2.75) is 13.8 Å². The number of benzene rings is 1. The highest BCUT2D eigenvalue weighted by Gasteiger charge is 1.98. The monoisotopic (exact) mass is 188 g/mol. The zero-order valence-electron chi connectivity index (χ0n) is 8.50. The summed E-state index contributed by atoms with van der Waals surface area (Å²) in [5, 5.41) is 2.74. The lowest BCUT2D eigenvalue weighted by molar-refractivity contribution is -0.114. The van der Waals surface area contributed by atoms with E-state index < -0.39 is 0 Å². The topological polar surface area (TPSA) is 29.1 Å². The molecule has 1 radical (unpaired) electrons. The third kappa shape index (κ3) is 2.73. The molecular weight excluding hydrogens is 174 g/mol. The Morgan fingerprint density at radius 2 is 2.14 bits per heavy atom. The summed E-state index contributed by atoms with van der Waals surface area (Å²) in [6.45, 7) is 7.19. The molecule has 0 saturated carbocycles. The van der Waals surface area contributed by atoms with Gasteiger partial charge < -0.3 is 5.32 Å². The van der Waals surface area contributed by atoms with Gasteiger partial charge in [0.25, 0.3) is 0 Å². The first kappa shape index (κ1) is 10.5. The maximum atomic E-state index is 10.8. The summed E-state index contributed by atoms with van der Waals surface area (Å²) in [6.07, 6.45) is 1.80. The van der Waals surface area contributed by atoms with Crippen LogP contribution in [0.2, 0.25) is 0 Å². The third-order valence-corrected chi connectivity index (χ3v) is 1.94. The Kier molecular flexibility index (Phi) is 3.46. The fourth-order valence-corrected chi connectivity index (χ4v) is 1.16. The van der Waals surface area contributed by atoms with Gasteiger partial charge in [-0.3, -0.25) is 4.79 Å². The van der Waals surface area contributed by atoms with Gasteiger partial charge >= 0.3 is 0 Å². The van der Waals surface area contributed by atoms with Crippen LogP contribution in [0.5, 0.6) is 0 Å². The van der Waals surface area contributed by atoms with E-state index in [2.05, 4.69) is 12.2 Å². The Labute approximate surface area is 84.6 Å². The van der Waals surface area contributed by atoms with Crippen molar-refractivity contribution in [3.05, 3.63) is 42.8 Å². The number of allylic oxidation sites excluding steroid dienone is 2. The van der Waals surface area contributed by atoms with E-state index in [9.17, 15) is 4.79 Å². The van der Waals surface area contributed by atoms with Crippen molar-refractivity contribution in [3.63, 3.8) is 0 Å². The zero-order valence-corrected chi connectivity index (χ0v) is 8.50. The number of hydrogen-bond donors (Lipinski definition) is 1. The summed E-state index contributed by atoms with van der Waals surface area (Å²) < 4.78 is 0. The first-order chi connectivity index (χ1) is 6.63. The molecule has 0 atom stereocenters. The van der Waals surface area contributed by atoms with E-state index in [1.54, 1.807) is 6.08 Å². The lowest BCUT2D eigenvalue weighted by Crippen LogP contribution is -2.05. The second-order valence-corrected chi connectivity index (χ2v) is 3.15. The molecule has 0 spiro atoms. The summed E-state index contributed by atoms with van der Waals surface area (Å²) in [5.41, 5.74) is 2.99. The molecule has 0 aliphatic heterocycles. The smallest absolute Gasteiger partial charge is 0.221 e. The molecule has 0 aliphatic rings. The van der Waals surface area contributed by atoms with Gasteiger partial charge in [0.1, 0.15) is 0 Å². The Morgan fingerprint density at radius 3 is 2.71 bits per heavy atom. The molecule has 14 heavy (non-hydrogen) atoms. The van der Waals surface area contributed by atoms with Gasteiger partial charge in [-0.25, -0.2) is 0 Å². The Hall–Kier alpha value is -1.57. The molecule has 0 bridgehead atoms. The van der Waals surface area contributed by atoms with Crippen LogP contribution in [0.25, 0.3) is 5.57 Å². The van der Waals surface area contributed by atoms with Crippen LogP contribution in [0, 0.1) is 6.92 Å². The highest BCUT2D eigenvalue weighted by atomic mass is 16.1. The first-order valence-corrected chi connectivity index (χ1v) is 4.47. The normalized spacial score (nSPS) is 11.2. The molecule has 1 amide bonds. The fraction of sp³-hybridized carbons (Fsp3) is 0.167. The van der Waals surface area contributed by atoms with E-state index in [1.807, 2.05) is 31.2 Å². The molecule has 73 valence electrons. The van der Waals surface area contributed by atoms with E-state index in [1.165, 1.54) is 6.92 Å². The van der Waals surface area contributed by atoms with Crippen molar-refractivity contribution in [2.24, 2.45) is 0 Å². The highest BCUT2D eigenvalue weighted by molar-refractivity contribution is 5.89. The number of carbonyl (C=O) groups is 1. The van der Waals surface area contributed by atoms with Crippen LogP contribution in [-0.4, -0.2) is 5.91 Å². The molecule has 1 rings (SSSR count). The minimum Gasteiger partial charge on any atom is -0.326 e. The Bertz CT molecular complexity index is 366. The average Bonchev–Trinajstić information content (AvgIpc) is 2.16. The van der Waals surface area contributed by atoms with Crippen LogP contribution >= 0.6 is 0 Å². The quantitative estimate of drug-likeness (QED) is 0.759. The molecule has 0 aromatic heterocycles. The predicted molar refractivity (Wildman–Crippen MR) is 59.8 cm³/mol. The number of rotatable bonds is 2. The number of hydrogen-bond acceptors (Lipinski definition) is 1. The van der Waals surface area contributed by atoms with Crippen LogP contribution in [0.15, 0.2) is 30.3 Å². The largest absolute Gasteiger partial charge is 0.326 e. The molecule has 1 aromatic carbocycles. The zero-order chi connectivity index (χ0) is 10.6. The molecule has 2 heteroatoms. The van der Waals surface area contributed by atoms with Gasteiger partial charge in [-0.15, -0.1) is 0 Å². The van der Waals surface area contributed by atoms with Crippen molar-refractivity contribution in [1.29, 1.82) is 0 Å². The summed E-state index contributed by atoms with van der Waals surface area (Å²) >= 11 is 0. The van der Waals surface area contributed by atoms with Gasteiger partial charge in [0.05, 0.1) is 0 Å². The molecule has 0 heterocycles. The first-order valence-electron chi connectivity index (χ1n) is 4.47. The molecule has 0 saturated heterocycles. The molecule has 0 unspecified atom stereocenters. The SMILES string of the molecule is [CH2]C=C(C)c1cccc(NC(C)=O)c1. The van der Waals surface area contributed by atoms with Gasteiger partial charge in [-0.05, 0) is 37.1 Å². The second-order valence-electron chi connectivity index (χ2n) is 3.15. The minimum absolute atomic E-state index is 0.0570. The third-order valence-electron chi connectivity index (χ3n) is 1.94. The summed E-state index contributed by atoms with van der Waals surface area (Å²) in [5.74, 6) is -0.0570. The molecular formula is C12H14NO. The van der Waals surface area contributed by atoms with Crippen LogP contribution < -0.4 is 5.32 Å². The Morgan fingerprint density at radius 1 is 1.43 bits per heavy atom. The van der Waals surface area contributed by atoms with Gasteiger partial charge in [0.2, 0.25) is 5.91 Å². The van der Waals surface area contributed by atoms with E-state index >= 15 is 0 Å². The number of carbonyl (C=O) groups excluding carboxylic acids is 1. The van der Waals surface area contributed by atoms with Crippen molar-refractivity contribution >= 4 is 17.2 Å². The van der Waals surface area contributed by atoms with E-state index in [4.69, 9.17) is 0 Å². The van der Waals surface area contributed by atoms with Crippen molar-refractivity contribution < 1.29 is 4.79 Å². The van der Waals surface area contributed by atoms with Crippen LogP contribution in [0.3, 0.4) is 0 Å². The van der Waals surface area contributed by atoms with E-state index in [-0.39, 0.29) is 5.91 Å². The number of anilines is 1. The molecule has 0 aliphatic carbocycles. The minimum atomic E-state index is -0.0570. The fourth-order valence-electron chi connectivity index (χ4n) is 1.16. The van der Waals surface area contributed by atoms with Crippen LogP contribution in [-0.2, 0) is 4.79 Å². The van der Waals surface area contributed by atoms with Gasteiger partial charge in [-0.2, -0.15) is 0 Å². The maximum absolute atomic E-state index is 10.8. The van der Waals surface area contributed by atoms with Crippen molar-refractivity contribution in [1.82, 2.24) is 0 Å². The average molecular weight is 188 g/mol. The van der Waals surface area contributed by atoms with Crippen molar-refractivity contribution in [3.8, 4) is 0 Å². The molecule has 2 nitrogen and oxygen atoms in total. The second kappa shape index (κ2) is 4.61. The summed E-state index contributed by atoms with van der Waals surface area (Å²) in [6, 6.07) is 7.69. The highest BCUT2D eigenvalue weighted by Crippen LogP contribution is 2.17. The van der Waals surface area contributed by atoms with Crippen LogP contribution in [0.1, 0.15) is 19.4 Å².